The molecule has 2 unspecified atom stereocenters. The van der Waals surface area contributed by atoms with E-state index in [-0.39, 0.29) is 24.2 Å². The highest BCUT2D eigenvalue weighted by Crippen LogP contribution is 2.23. The van der Waals surface area contributed by atoms with Gasteiger partial charge in [0, 0.05) is 19.1 Å². The van der Waals surface area contributed by atoms with Crippen LogP contribution in [0.5, 0.6) is 0 Å². The first kappa shape index (κ1) is 17.4. The van der Waals surface area contributed by atoms with Gasteiger partial charge in [-0.1, -0.05) is 42.5 Å². The number of amides is 1. The number of piperidine rings is 1. The molecule has 4 nitrogen and oxygen atoms in total. The lowest BCUT2D eigenvalue weighted by Crippen LogP contribution is -2.48. The largest absolute Gasteiger partial charge is 0.388 e. The van der Waals surface area contributed by atoms with E-state index in [0.717, 1.165) is 24.9 Å². The van der Waals surface area contributed by atoms with E-state index in [4.69, 9.17) is 0 Å². The number of nitrogens with one attached hydrogen (secondary N) is 1. The van der Waals surface area contributed by atoms with Crippen LogP contribution < -0.4 is 10.2 Å². The van der Waals surface area contributed by atoms with Gasteiger partial charge >= 0.3 is 0 Å². The van der Waals surface area contributed by atoms with Crippen LogP contribution >= 0.6 is 0 Å². The highest BCUT2D eigenvalue weighted by atomic mass is 19.1. The smallest absolute Gasteiger partial charge is 0.223 e. The fourth-order valence-electron chi connectivity index (χ4n) is 3.28. The first-order valence-electron chi connectivity index (χ1n) is 8.65. The van der Waals surface area contributed by atoms with Crippen LogP contribution in [0.15, 0.2) is 54.6 Å². The Morgan fingerprint density at radius 1 is 1.20 bits per heavy atom. The predicted octanol–water partition coefficient (Wildman–Crippen LogP) is 3.03. The fourth-order valence-corrected chi connectivity index (χ4v) is 3.28. The average molecular weight is 342 g/mol. The number of carbonyl (C=O) groups excluding carboxylic acids is 1. The summed E-state index contributed by atoms with van der Waals surface area (Å²) < 4.78 is 14.0. The zero-order valence-corrected chi connectivity index (χ0v) is 14.1. The first-order valence-corrected chi connectivity index (χ1v) is 8.65. The van der Waals surface area contributed by atoms with Crippen molar-refractivity contribution >= 4 is 11.6 Å². The first-order chi connectivity index (χ1) is 12.1. The SMILES string of the molecule is O=C(CC(O)c1ccccc1)NC1CCCN(c2ccccc2F)C1. The van der Waals surface area contributed by atoms with Gasteiger partial charge in [0.05, 0.1) is 18.2 Å². The second-order valence-electron chi connectivity index (χ2n) is 6.43. The summed E-state index contributed by atoms with van der Waals surface area (Å²) in [5, 5.41) is 13.1. The fraction of sp³-hybridized carbons (Fsp3) is 0.350. The van der Waals surface area contributed by atoms with Crippen molar-refractivity contribution in [1.29, 1.82) is 0 Å². The summed E-state index contributed by atoms with van der Waals surface area (Å²) in [5.41, 5.74) is 1.31. The van der Waals surface area contributed by atoms with Gasteiger partial charge in [-0.15, -0.1) is 0 Å². The van der Waals surface area contributed by atoms with E-state index in [1.165, 1.54) is 6.07 Å². The third-order valence-electron chi connectivity index (χ3n) is 4.54. The van der Waals surface area contributed by atoms with Gasteiger partial charge in [-0.05, 0) is 30.5 Å². The van der Waals surface area contributed by atoms with Crippen molar-refractivity contribution in [2.45, 2.75) is 31.4 Å². The third-order valence-corrected chi connectivity index (χ3v) is 4.54. The standard InChI is InChI=1S/C20H23FN2O2/c21-17-10-4-5-11-18(17)23-12-6-9-16(14-23)22-20(25)13-19(24)15-7-2-1-3-8-15/h1-5,7-8,10-11,16,19,24H,6,9,12-14H2,(H,22,25). The van der Waals surface area contributed by atoms with E-state index in [9.17, 15) is 14.3 Å². The van der Waals surface area contributed by atoms with E-state index < -0.39 is 6.10 Å². The number of aliphatic hydroxyl groups excluding tert-OH is 1. The third kappa shape index (κ3) is 4.57. The molecule has 5 heteroatoms. The monoisotopic (exact) mass is 342 g/mol. The summed E-state index contributed by atoms with van der Waals surface area (Å²) in [7, 11) is 0. The number of anilines is 1. The molecule has 2 aromatic carbocycles. The van der Waals surface area contributed by atoms with Crippen LogP contribution in [-0.2, 0) is 4.79 Å². The van der Waals surface area contributed by atoms with Crippen molar-refractivity contribution in [3.63, 3.8) is 0 Å². The van der Waals surface area contributed by atoms with E-state index in [0.29, 0.717) is 12.2 Å². The second-order valence-corrected chi connectivity index (χ2v) is 6.43. The normalized spacial score (nSPS) is 18.6. The molecule has 2 N–H and O–H groups in total. The molecule has 0 saturated carbocycles. The number of carbonyl (C=O) groups is 1. The Kier molecular flexibility index (Phi) is 5.66. The number of benzene rings is 2. The number of nitrogens with zero attached hydrogens (tertiary/aromatic N) is 1. The van der Waals surface area contributed by atoms with Crippen LogP contribution in [0, 0.1) is 5.82 Å². The lowest BCUT2D eigenvalue weighted by atomic mass is 10.0. The minimum absolute atomic E-state index is 0.0280. The minimum atomic E-state index is -0.813. The molecule has 0 aliphatic carbocycles. The Morgan fingerprint density at radius 2 is 1.92 bits per heavy atom. The molecule has 2 aromatic rings. The molecule has 2 atom stereocenters. The molecule has 1 aliphatic heterocycles. The summed E-state index contributed by atoms with van der Waals surface area (Å²) in [4.78, 5) is 14.2. The maximum atomic E-state index is 14.0. The molecule has 25 heavy (non-hydrogen) atoms. The van der Waals surface area contributed by atoms with E-state index in [1.54, 1.807) is 24.3 Å². The lowest BCUT2D eigenvalue weighted by Gasteiger charge is -2.35. The van der Waals surface area contributed by atoms with Gasteiger partial charge in [-0.25, -0.2) is 4.39 Å². The molecule has 132 valence electrons. The van der Waals surface area contributed by atoms with Crippen LogP contribution in [0.4, 0.5) is 10.1 Å². The van der Waals surface area contributed by atoms with E-state index in [2.05, 4.69) is 5.32 Å². The van der Waals surface area contributed by atoms with Gasteiger partial charge in [-0.3, -0.25) is 4.79 Å². The van der Waals surface area contributed by atoms with Crippen molar-refractivity contribution in [3.05, 3.63) is 66.0 Å². The molecule has 0 radical (unpaired) electrons. The van der Waals surface area contributed by atoms with Gasteiger partial charge < -0.3 is 15.3 Å². The molecule has 1 saturated heterocycles. The zero-order chi connectivity index (χ0) is 17.6. The Labute approximate surface area is 147 Å². The number of hydrogen-bond acceptors (Lipinski definition) is 3. The van der Waals surface area contributed by atoms with Gasteiger partial charge in [0.1, 0.15) is 5.82 Å². The highest BCUT2D eigenvalue weighted by molar-refractivity contribution is 5.77. The van der Waals surface area contributed by atoms with Gasteiger partial charge in [0.25, 0.3) is 0 Å². The second kappa shape index (κ2) is 8.12. The van der Waals surface area contributed by atoms with E-state index >= 15 is 0 Å². The Bertz CT molecular complexity index is 708. The summed E-state index contributed by atoms with van der Waals surface area (Å²) in [6.45, 7) is 1.36. The molecule has 1 fully saturated rings. The average Bonchev–Trinajstić information content (AvgIpc) is 2.63. The number of para-hydroxylation sites is 1. The lowest BCUT2D eigenvalue weighted by molar-refractivity contribution is -0.123. The molecular weight excluding hydrogens is 319 g/mol. The number of rotatable bonds is 5. The van der Waals surface area contributed by atoms with Crippen molar-refractivity contribution < 1.29 is 14.3 Å². The molecule has 1 heterocycles. The minimum Gasteiger partial charge on any atom is -0.388 e. The number of hydrogen-bond donors (Lipinski definition) is 2. The summed E-state index contributed by atoms with van der Waals surface area (Å²) in [6.07, 6.45) is 0.964. The highest BCUT2D eigenvalue weighted by Gasteiger charge is 2.24. The molecule has 0 aromatic heterocycles. The van der Waals surface area contributed by atoms with Gasteiger partial charge in [-0.2, -0.15) is 0 Å². The Hall–Kier alpha value is -2.40. The van der Waals surface area contributed by atoms with E-state index in [1.807, 2.05) is 29.2 Å². The zero-order valence-electron chi connectivity index (χ0n) is 14.1. The molecular formula is C20H23FN2O2. The summed E-state index contributed by atoms with van der Waals surface area (Å²) in [5.74, 6) is -0.425. The summed E-state index contributed by atoms with van der Waals surface area (Å²) >= 11 is 0. The van der Waals surface area contributed by atoms with Crippen LogP contribution in [0.2, 0.25) is 0 Å². The number of aliphatic hydroxyl groups is 1. The molecule has 0 spiro atoms. The van der Waals surface area contributed by atoms with Crippen molar-refractivity contribution in [2.24, 2.45) is 0 Å². The van der Waals surface area contributed by atoms with Crippen LogP contribution in [0.3, 0.4) is 0 Å². The van der Waals surface area contributed by atoms with Gasteiger partial charge in [0.2, 0.25) is 5.91 Å². The number of halogens is 1. The molecule has 0 bridgehead atoms. The maximum absolute atomic E-state index is 14.0. The maximum Gasteiger partial charge on any atom is 0.223 e. The predicted molar refractivity (Wildman–Crippen MR) is 95.8 cm³/mol. The molecule has 1 amide bonds. The van der Waals surface area contributed by atoms with Crippen LogP contribution in [0.25, 0.3) is 0 Å². The van der Waals surface area contributed by atoms with Crippen LogP contribution in [-0.4, -0.2) is 30.1 Å². The quantitative estimate of drug-likeness (QED) is 0.878. The van der Waals surface area contributed by atoms with Crippen molar-refractivity contribution in [3.8, 4) is 0 Å². The summed E-state index contributed by atoms with van der Waals surface area (Å²) in [6, 6.07) is 15.8. The van der Waals surface area contributed by atoms with Crippen LogP contribution in [0.1, 0.15) is 30.9 Å². The Balaban J connectivity index is 1.55. The van der Waals surface area contributed by atoms with Crippen molar-refractivity contribution in [2.75, 3.05) is 18.0 Å². The van der Waals surface area contributed by atoms with Crippen molar-refractivity contribution in [1.82, 2.24) is 5.32 Å². The van der Waals surface area contributed by atoms with Gasteiger partial charge in [0.15, 0.2) is 0 Å². The Morgan fingerprint density at radius 3 is 2.68 bits per heavy atom. The molecule has 1 aliphatic rings. The molecule has 3 rings (SSSR count). The topological polar surface area (TPSA) is 52.6 Å².